The first-order valence-corrected chi connectivity index (χ1v) is 9.17. The number of hydrogen-bond acceptors (Lipinski definition) is 4. The Bertz CT molecular complexity index is 1080. The number of carbonyl (C=O) groups is 1. The van der Waals surface area contributed by atoms with Crippen molar-refractivity contribution < 1.29 is 14.8 Å². The van der Waals surface area contributed by atoms with Crippen LogP contribution in [0.2, 0.25) is 0 Å². The molecule has 1 unspecified atom stereocenters. The summed E-state index contributed by atoms with van der Waals surface area (Å²) >= 11 is 0. The molecule has 144 valence electrons. The molecule has 1 heterocycles. The first-order valence-electron chi connectivity index (χ1n) is 9.17. The predicted molar refractivity (Wildman–Crippen MR) is 111 cm³/mol. The first kappa shape index (κ1) is 18.4. The van der Waals surface area contributed by atoms with Crippen molar-refractivity contribution in [1.82, 2.24) is 0 Å². The van der Waals surface area contributed by atoms with Gasteiger partial charge in [-0.3, -0.25) is 19.8 Å². The third-order valence-electron chi connectivity index (χ3n) is 5.02. The number of benzene rings is 3. The number of aliphatic hydroxyl groups excluding tert-OH is 1. The maximum Gasteiger partial charge on any atom is 0.294 e. The topological polar surface area (TPSA) is 83.7 Å². The molecule has 0 bridgehead atoms. The molecule has 1 atom stereocenters. The third kappa shape index (κ3) is 3.48. The monoisotopic (exact) mass is 386 g/mol. The highest BCUT2D eigenvalue weighted by atomic mass is 16.6. The highest BCUT2D eigenvalue weighted by molar-refractivity contribution is 6.15. The van der Waals surface area contributed by atoms with Gasteiger partial charge in [0.2, 0.25) is 0 Å². The molecule has 1 aliphatic rings. The number of carbonyl (C=O) groups excluding carboxylic acids is 1. The summed E-state index contributed by atoms with van der Waals surface area (Å²) < 4.78 is 0. The highest BCUT2D eigenvalue weighted by Gasteiger charge is 2.41. The van der Waals surface area contributed by atoms with E-state index in [1.165, 1.54) is 29.2 Å². The molecule has 0 radical (unpaired) electrons. The van der Waals surface area contributed by atoms with Crippen LogP contribution in [-0.4, -0.2) is 22.0 Å². The molecule has 0 aromatic heterocycles. The molecule has 1 aliphatic heterocycles. The molecule has 0 saturated heterocycles. The average molecular weight is 386 g/mol. The van der Waals surface area contributed by atoms with Crippen LogP contribution in [0.1, 0.15) is 11.1 Å². The summed E-state index contributed by atoms with van der Waals surface area (Å²) in [6, 6.07) is 24.4. The van der Waals surface area contributed by atoms with Crippen molar-refractivity contribution in [2.24, 2.45) is 0 Å². The molecular weight excluding hydrogens is 368 g/mol. The van der Waals surface area contributed by atoms with Gasteiger partial charge in [0.05, 0.1) is 11.0 Å². The molecule has 3 aromatic rings. The van der Waals surface area contributed by atoms with E-state index in [9.17, 15) is 20.0 Å². The summed E-state index contributed by atoms with van der Waals surface area (Å²) in [5, 5.41) is 21.7. The van der Waals surface area contributed by atoms with Crippen LogP contribution >= 0.6 is 0 Å². The summed E-state index contributed by atoms with van der Waals surface area (Å²) in [5.74, 6) is -0.811. The molecule has 0 spiro atoms. The lowest BCUT2D eigenvalue weighted by Crippen LogP contribution is -2.37. The highest BCUT2D eigenvalue weighted by Crippen LogP contribution is 2.38. The number of rotatable bonds is 5. The van der Waals surface area contributed by atoms with Crippen LogP contribution < -0.4 is 4.90 Å². The van der Waals surface area contributed by atoms with Crippen LogP contribution in [0.4, 0.5) is 11.4 Å². The quantitative estimate of drug-likeness (QED) is 0.516. The molecule has 29 heavy (non-hydrogen) atoms. The van der Waals surface area contributed by atoms with Crippen LogP contribution in [0.15, 0.2) is 90.7 Å². The van der Waals surface area contributed by atoms with Gasteiger partial charge in [-0.05, 0) is 29.7 Å². The van der Waals surface area contributed by atoms with Gasteiger partial charge in [0.25, 0.3) is 11.6 Å². The van der Waals surface area contributed by atoms with Crippen molar-refractivity contribution >= 4 is 22.9 Å². The van der Waals surface area contributed by atoms with Crippen molar-refractivity contribution in [2.75, 3.05) is 4.90 Å². The minimum Gasteiger partial charge on any atom is -0.503 e. The van der Waals surface area contributed by atoms with E-state index in [2.05, 4.69) is 0 Å². The first-order chi connectivity index (χ1) is 14.1. The Morgan fingerprint density at radius 1 is 0.897 bits per heavy atom. The van der Waals surface area contributed by atoms with Crippen molar-refractivity contribution in [2.45, 2.75) is 12.5 Å². The zero-order valence-electron chi connectivity index (χ0n) is 15.4. The van der Waals surface area contributed by atoms with Gasteiger partial charge in [-0.2, -0.15) is 0 Å². The number of aliphatic hydroxyl groups is 1. The number of amides is 1. The van der Waals surface area contributed by atoms with E-state index in [-0.39, 0.29) is 11.4 Å². The summed E-state index contributed by atoms with van der Waals surface area (Å²) in [4.78, 5) is 25.0. The smallest absolute Gasteiger partial charge is 0.294 e. The van der Waals surface area contributed by atoms with E-state index in [0.29, 0.717) is 17.7 Å². The average Bonchev–Trinajstić information content (AvgIpc) is 2.99. The van der Waals surface area contributed by atoms with E-state index in [1.807, 2.05) is 60.7 Å². The van der Waals surface area contributed by atoms with Gasteiger partial charge >= 0.3 is 0 Å². The second-order valence-corrected chi connectivity index (χ2v) is 6.78. The number of nitrogens with zero attached hydrogens (tertiary/aromatic N) is 2. The lowest BCUT2D eigenvalue weighted by molar-refractivity contribution is -0.384. The molecule has 6 nitrogen and oxygen atoms in total. The minimum absolute atomic E-state index is 0.0551. The number of hydrogen-bond donors (Lipinski definition) is 1. The Balaban J connectivity index is 1.79. The van der Waals surface area contributed by atoms with E-state index >= 15 is 0 Å². The van der Waals surface area contributed by atoms with Gasteiger partial charge in [0.15, 0.2) is 5.76 Å². The molecule has 4 rings (SSSR count). The number of nitro groups is 1. The van der Waals surface area contributed by atoms with Crippen LogP contribution in [0.25, 0.3) is 5.57 Å². The predicted octanol–water partition coefficient (Wildman–Crippen LogP) is 4.52. The standard InChI is InChI=1S/C23H18N2O4/c26-22-21(17-9-5-2-6-10-17)20(15-16-7-3-1-4-8-16)24(23(22)27)18-11-13-19(14-12-18)25(28)29/h1-14,20,26H,15H2. The third-order valence-corrected chi connectivity index (χ3v) is 5.02. The molecule has 0 saturated carbocycles. The number of anilines is 1. The largest absolute Gasteiger partial charge is 0.503 e. The molecule has 3 aromatic carbocycles. The van der Waals surface area contributed by atoms with E-state index < -0.39 is 16.9 Å². The number of nitro benzene ring substituents is 1. The summed E-state index contributed by atoms with van der Waals surface area (Å²) in [7, 11) is 0. The van der Waals surface area contributed by atoms with Crippen LogP contribution in [-0.2, 0) is 11.2 Å². The van der Waals surface area contributed by atoms with Gasteiger partial charge in [-0.1, -0.05) is 60.7 Å². The Morgan fingerprint density at radius 2 is 1.48 bits per heavy atom. The van der Waals surface area contributed by atoms with Gasteiger partial charge in [0.1, 0.15) is 0 Å². The summed E-state index contributed by atoms with van der Waals surface area (Å²) in [6.07, 6.45) is 0.498. The molecular formula is C23H18N2O4. The van der Waals surface area contributed by atoms with Crippen molar-refractivity contribution in [3.63, 3.8) is 0 Å². The van der Waals surface area contributed by atoms with E-state index in [0.717, 1.165) is 11.1 Å². The Kier molecular flexibility index (Phi) is 4.83. The lowest BCUT2D eigenvalue weighted by atomic mass is 9.94. The maximum absolute atomic E-state index is 13.0. The Hall–Kier alpha value is -3.93. The van der Waals surface area contributed by atoms with E-state index in [1.54, 1.807) is 0 Å². The number of non-ortho nitro benzene ring substituents is 1. The van der Waals surface area contributed by atoms with Crippen molar-refractivity contribution in [3.05, 3.63) is 112 Å². The van der Waals surface area contributed by atoms with Gasteiger partial charge in [-0.15, -0.1) is 0 Å². The van der Waals surface area contributed by atoms with Crippen LogP contribution in [0.5, 0.6) is 0 Å². The zero-order valence-corrected chi connectivity index (χ0v) is 15.4. The minimum atomic E-state index is -0.515. The van der Waals surface area contributed by atoms with E-state index in [4.69, 9.17) is 0 Å². The van der Waals surface area contributed by atoms with Crippen molar-refractivity contribution in [3.8, 4) is 0 Å². The molecule has 6 heteroatoms. The van der Waals surface area contributed by atoms with Crippen LogP contribution in [0.3, 0.4) is 0 Å². The second kappa shape index (κ2) is 7.59. The second-order valence-electron chi connectivity index (χ2n) is 6.78. The Morgan fingerprint density at radius 3 is 2.07 bits per heavy atom. The van der Waals surface area contributed by atoms with Crippen molar-refractivity contribution in [1.29, 1.82) is 0 Å². The molecule has 1 amide bonds. The maximum atomic E-state index is 13.0. The fourth-order valence-corrected chi connectivity index (χ4v) is 3.67. The van der Waals surface area contributed by atoms with Gasteiger partial charge < -0.3 is 5.11 Å². The zero-order chi connectivity index (χ0) is 20.4. The normalized spacial score (nSPS) is 16.3. The molecule has 0 aliphatic carbocycles. The summed E-state index contributed by atoms with van der Waals surface area (Å²) in [6.45, 7) is 0. The Labute approximate surface area is 167 Å². The van der Waals surface area contributed by atoms with Gasteiger partial charge in [0, 0.05) is 23.4 Å². The lowest BCUT2D eigenvalue weighted by Gasteiger charge is -2.27. The fourth-order valence-electron chi connectivity index (χ4n) is 3.67. The molecule has 1 N–H and O–H groups in total. The van der Waals surface area contributed by atoms with Gasteiger partial charge in [-0.25, -0.2) is 0 Å². The fraction of sp³-hybridized carbons (Fsp3) is 0.0870. The molecule has 0 fully saturated rings. The summed E-state index contributed by atoms with van der Waals surface area (Å²) in [5.41, 5.74) is 2.78. The van der Waals surface area contributed by atoms with Crippen LogP contribution in [0, 0.1) is 10.1 Å². The SMILES string of the molecule is O=C1C(O)=C(c2ccccc2)C(Cc2ccccc2)N1c1ccc([N+](=O)[O-])cc1.